The summed E-state index contributed by atoms with van der Waals surface area (Å²) in [5, 5.41) is 9.05. The van der Waals surface area contributed by atoms with Crippen LogP contribution in [0.25, 0.3) is 0 Å². The highest BCUT2D eigenvalue weighted by Crippen LogP contribution is 2.26. The lowest BCUT2D eigenvalue weighted by atomic mass is 9.85. The zero-order chi connectivity index (χ0) is 11.6. The van der Waals surface area contributed by atoms with E-state index in [2.05, 4.69) is 4.98 Å². The van der Waals surface area contributed by atoms with E-state index >= 15 is 0 Å². The van der Waals surface area contributed by atoms with E-state index in [9.17, 15) is 4.79 Å². The summed E-state index contributed by atoms with van der Waals surface area (Å²) in [5.74, 6) is -0.339. The summed E-state index contributed by atoms with van der Waals surface area (Å²) >= 11 is 0. The number of hydrogen-bond donors (Lipinski definition) is 1. The molecule has 1 N–H and O–H groups in total. The molecule has 0 aromatic carbocycles. The largest absolute Gasteiger partial charge is 0.481 e. The Balaban J connectivity index is 3.18. The van der Waals surface area contributed by atoms with Gasteiger partial charge in [0, 0.05) is 11.8 Å². The lowest BCUT2D eigenvalue weighted by molar-refractivity contribution is -0.142. The number of methoxy groups -OCH3 is 1. The van der Waals surface area contributed by atoms with Crippen molar-refractivity contribution in [2.45, 2.75) is 26.2 Å². The molecular formula is C11H15NO3. The van der Waals surface area contributed by atoms with Crippen molar-refractivity contribution in [2.75, 3.05) is 7.11 Å². The van der Waals surface area contributed by atoms with Crippen molar-refractivity contribution >= 4 is 5.97 Å². The predicted molar refractivity (Wildman–Crippen MR) is 56.2 cm³/mol. The number of hydrogen-bond acceptors (Lipinski definition) is 3. The van der Waals surface area contributed by atoms with Gasteiger partial charge in [-0.05, 0) is 32.4 Å². The molecule has 0 atom stereocenters. The first-order valence-corrected chi connectivity index (χ1v) is 4.64. The topological polar surface area (TPSA) is 59.4 Å². The van der Waals surface area contributed by atoms with Crippen LogP contribution in [0.3, 0.4) is 0 Å². The third-order valence-corrected chi connectivity index (χ3v) is 2.48. The van der Waals surface area contributed by atoms with E-state index < -0.39 is 11.4 Å². The molecule has 4 nitrogen and oxygen atoms in total. The summed E-state index contributed by atoms with van der Waals surface area (Å²) in [5.41, 5.74) is 0.585. The van der Waals surface area contributed by atoms with E-state index in [1.807, 2.05) is 6.92 Å². The lowest BCUT2D eigenvalue weighted by Crippen LogP contribution is -2.28. The molecule has 0 aliphatic heterocycles. The summed E-state index contributed by atoms with van der Waals surface area (Å²) < 4.78 is 5.01. The van der Waals surface area contributed by atoms with Crippen molar-refractivity contribution in [3.8, 4) is 5.88 Å². The summed E-state index contributed by atoms with van der Waals surface area (Å²) in [7, 11) is 1.54. The first-order valence-electron chi connectivity index (χ1n) is 4.64. The highest BCUT2D eigenvalue weighted by atomic mass is 16.5. The molecular weight excluding hydrogens is 194 g/mol. The fraction of sp³-hybridized carbons (Fsp3) is 0.455. The number of carboxylic acid groups (broad SMARTS) is 1. The molecule has 0 radical (unpaired) electrons. The first-order chi connectivity index (χ1) is 6.89. The third-order valence-electron chi connectivity index (χ3n) is 2.48. The molecule has 15 heavy (non-hydrogen) atoms. The van der Waals surface area contributed by atoms with Gasteiger partial charge in [0.1, 0.15) is 0 Å². The van der Waals surface area contributed by atoms with E-state index in [1.165, 1.54) is 7.11 Å². The molecule has 0 aliphatic carbocycles. The molecule has 0 spiro atoms. The Kier molecular flexibility index (Phi) is 2.98. The van der Waals surface area contributed by atoms with Crippen molar-refractivity contribution < 1.29 is 14.6 Å². The number of nitrogens with zero attached hydrogens (tertiary/aromatic N) is 1. The van der Waals surface area contributed by atoms with Gasteiger partial charge in [0.25, 0.3) is 0 Å². The van der Waals surface area contributed by atoms with Gasteiger partial charge in [-0.25, -0.2) is 4.98 Å². The molecule has 1 aromatic rings. The van der Waals surface area contributed by atoms with E-state index in [1.54, 1.807) is 26.1 Å². The number of rotatable bonds is 3. The minimum absolute atomic E-state index is 0.528. The number of ether oxygens (including phenoxy) is 1. The molecule has 0 amide bonds. The third kappa shape index (κ3) is 2.09. The highest BCUT2D eigenvalue weighted by molar-refractivity contribution is 5.80. The van der Waals surface area contributed by atoms with Crippen molar-refractivity contribution in [2.24, 2.45) is 0 Å². The van der Waals surface area contributed by atoms with E-state index in [0.717, 1.165) is 5.56 Å². The zero-order valence-corrected chi connectivity index (χ0v) is 9.37. The maximum Gasteiger partial charge on any atom is 0.313 e. The molecule has 0 fully saturated rings. The van der Waals surface area contributed by atoms with Gasteiger partial charge in [-0.3, -0.25) is 4.79 Å². The van der Waals surface area contributed by atoms with Crippen molar-refractivity contribution in [3.05, 3.63) is 23.4 Å². The molecule has 0 aliphatic rings. The van der Waals surface area contributed by atoms with Crippen LogP contribution in [-0.4, -0.2) is 23.2 Å². The predicted octanol–water partition coefficient (Wildman–Crippen LogP) is 1.76. The normalized spacial score (nSPS) is 11.2. The van der Waals surface area contributed by atoms with Crippen molar-refractivity contribution in [3.63, 3.8) is 0 Å². The van der Waals surface area contributed by atoms with Crippen LogP contribution in [0.1, 0.15) is 25.0 Å². The van der Waals surface area contributed by atoms with Gasteiger partial charge in [-0.1, -0.05) is 0 Å². The quantitative estimate of drug-likeness (QED) is 0.824. The van der Waals surface area contributed by atoms with Crippen LogP contribution in [0.15, 0.2) is 12.3 Å². The number of carboxylic acids is 1. The van der Waals surface area contributed by atoms with Crippen LogP contribution < -0.4 is 4.74 Å². The summed E-state index contributed by atoms with van der Waals surface area (Å²) in [6.45, 7) is 5.14. The molecule has 0 saturated carbocycles. The van der Waals surface area contributed by atoms with Crippen molar-refractivity contribution in [1.29, 1.82) is 0 Å². The number of carbonyl (C=O) groups is 1. The Bertz CT molecular complexity index is 385. The Morgan fingerprint density at radius 3 is 2.53 bits per heavy atom. The molecule has 1 rings (SSSR count). The SMILES string of the molecule is COc1ncc(C(C)(C)C(=O)O)cc1C. The number of pyridine rings is 1. The van der Waals surface area contributed by atoms with E-state index in [-0.39, 0.29) is 0 Å². The zero-order valence-electron chi connectivity index (χ0n) is 9.37. The number of aromatic nitrogens is 1. The fourth-order valence-electron chi connectivity index (χ4n) is 1.24. The summed E-state index contributed by atoms with van der Waals surface area (Å²) in [6, 6.07) is 1.79. The van der Waals surface area contributed by atoms with Crippen LogP contribution >= 0.6 is 0 Å². The molecule has 0 bridgehead atoms. The lowest BCUT2D eigenvalue weighted by Gasteiger charge is -2.20. The van der Waals surface area contributed by atoms with Crippen molar-refractivity contribution in [1.82, 2.24) is 4.98 Å². The minimum Gasteiger partial charge on any atom is -0.481 e. The average molecular weight is 209 g/mol. The summed E-state index contributed by atoms with van der Waals surface area (Å²) in [6.07, 6.45) is 1.54. The van der Waals surface area contributed by atoms with Crippen LogP contribution in [0.4, 0.5) is 0 Å². The molecule has 4 heteroatoms. The molecule has 0 unspecified atom stereocenters. The van der Waals surface area contributed by atoms with Gasteiger partial charge >= 0.3 is 5.97 Å². The molecule has 1 aromatic heterocycles. The number of aryl methyl sites for hydroxylation is 1. The van der Waals surface area contributed by atoms with E-state index in [4.69, 9.17) is 9.84 Å². The maximum atomic E-state index is 11.0. The van der Waals surface area contributed by atoms with Crippen LogP contribution in [-0.2, 0) is 10.2 Å². The van der Waals surface area contributed by atoms with Crippen LogP contribution in [0.5, 0.6) is 5.88 Å². The standard InChI is InChI=1S/C11H15NO3/c1-7-5-8(6-12-9(7)15-4)11(2,3)10(13)14/h5-6H,1-4H3,(H,13,14). The van der Waals surface area contributed by atoms with Gasteiger partial charge in [0.15, 0.2) is 0 Å². The molecule has 82 valence electrons. The van der Waals surface area contributed by atoms with Crippen LogP contribution in [0.2, 0.25) is 0 Å². The van der Waals surface area contributed by atoms with Gasteiger partial charge in [0.05, 0.1) is 12.5 Å². The maximum absolute atomic E-state index is 11.0. The molecule has 1 heterocycles. The van der Waals surface area contributed by atoms with Gasteiger partial charge < -0.3 is 9.84 Å². The highest BCUT2D eigenvalue weighted by Gasteiger charge is 2.30. The Morgan fingerprint density at radius 1 is 1.53 bits per heavy atom. The Hall–Kier alpha value is -1.58. The smallest absolute Gasteiger partial charge is 0.313 e. The minimum atomic E-state index is -0.927. The Morgan fingerprint density at radius 2 is 2.13 bits per heavy atom. The van der Waals surface area contributed by atoms with Gasteiger partial charge in [0.2, 0.25) is 5.88 Å². The Labute approximate surface area is 88.9 Å². The van der Waals surface area contributed by atoms with Crippen LogP contribution in [0, 0.1) is 6.92 Å². The van der Waals surface area contributed by atoms with Gasteiger partial charge in [-0.15, -0.1) is 0 Å². The second kappa shape index (κ2) is 3.88. The van der Waals surface area contributed by atoms with E-state index in [0.29, 0.717) is 11.4 Å². The monoisotopic (exact) mass is 209 g/mol. The van der Waals surface area contributed by atoms with Gasteiger partial charge in [-0.2, -0.15) is 0 Å². The average Bonchev–Trinajstić information content (AvgIpc) is 2.17. The molecule has 0 saturated heterocycles. The second-order valence-corrected chi connectivity index (χ2v) is 3.98. The number of aliphatic carboxylic acids is 1. The second-order valence-electron chi connectivity index (χ2n) is 3.98. The first kappa shape index (κ1) is 11.5. The summed E-state index contributed by atoms with van der Waals surface area (Å²) in [4.78, 5) is 15.1. The fourth-order valence-corrected chi connectivity index (χ4v) is 1.24.